The second-order valence-electron chi connectivity index (χ2n) is 6.69. The van der Waals surface area contributed by atoms with Crippen LogP contribution in [0.15, 0.2) is 23.8 Å². The van der Waals surface area contributed by atoms with Crippen LogP contribution in [0.25, 0.3) is 0 Å². The fraction of sp³-hybridized carbons (Fsp3) is 0.750. The van der Waals surface area contributed by atoms with E-state index < -0.39 is 0 Å². The number of allylic oxidation sites excluding steroid dienone is 3. The summed E-state index contributed by atoms with van der Waals surface area (Å²) in [6.07, 6.45) is 7.84. The Balaban J connectivity index is 2.37. The Labute approximate surface area is 101 Å². The molecule has 0 unspecified atom stereocenters. The molecule has 1 fully saturated rings. The second kappa shape index (κ2) is 4.05. The lowest BCUT2D eigenvalue weighted by Crippen LogP contribution is -2.30. The summed E-state index contributed by atoms with van der Waals surface area (Å²) in [7, 11) is 0. The van der Waals surface area contributed by atoms with Gasteiger partial charge in [-0.25, -0.2) is 0 Å². The largest absolute Gasteiger partial charge is 0.0993 e. The summed E-state index contributed by atoms with van der Waals surface area (Å²) in [6, 6.07) is 0. The molecular weight excluding hydrogens is 192 g/mol. The Morgan fingerprint density at radius 3 is 2.69 bits per heavy atom. The first-order valence-corrected chi connectivity index (χ1v) is 6.78. The van der Waals surface area contributed by atoms with E-state index in [2.05, 4.69) is 40.3 Å². The van der Waals surface area contributed by atoms with Gasteiger partial charge < -0.3 is 0 Å². The van der Waals surface area contributed by atoms with Gasteiger partial charge in [-0.1, -0.05) is 44.6 Å². The maximum Gasteiger partial charge on any atom is -0.0114 e. The monoisotopic (exact) mass is 218 g/mol. The second-order valence-corrected chi connectivity index (χ2v) is 6.69. The zero-order valence-electron chi connectivity index (χ0n) is 11.3. The molecule has 0 N–H and O–H groups in total. The Kier molecular flexibility index (Phi) is 3.03. The average Bonchev–Trinajstić information content (AvgIpc) is 2.31. The average molecular weight is 218 g/mol. The molecule has 16 heavy (non-hydrogen) atoms. The van der Waals surface area contributed by atoms with E-state index in [9.17, 15) is 0 Å². The van der Waals surface area contributed by atoms with Gasteiger partial charge in [-0.15, -0.1) is 0 Å². The predicted octanol–water partition coefficient (Wildman–Crippen LogP) is 4.97. The maximum atomic E-state index is 4.40. The van der Waals surface area contributed by atoms with E-state index in [-0.39, 0.29) is 0 Å². The van der Waals surface area contributed by atoms with E-state index in [1.165, 1.54) is 31.3 Å². The molecule has 0 aromatic heterocycles. The maximum absolute atomic E-state index is 4.40. The van der Waals surface area contributed by atoms with Gasteiger partial charge in [-0.05, 0) is 55.8 Å². The van der Waals surface area contributed by atoms with E-state index in [1.54, 1.807) is 5.57 Å². The predicted molar refractivity (Wildman–Crippen MR) is 71.3 cm³/mol. The molecule has 90 valence electrons. The number of rotatable bonds is 0. The summed E-state index contributed by atoms with van der Waals surface area (Å²) in [4.78, 5) is 0. The molecule has 2 rings (SSSR count). The number of fused-ring (bicyclic) bond motifs is 1. The lowest BCUT2D eigenvalue weighted by Gasteiger charge is -2.39. The summed E-state index contributed by atoms with van der Waals surface area (Å²) in [6.45, 7) is 14.0. The zero-order chi connectivity index (χ0) is 11.9. The molecule has 0 amide bonds. The van der Waals surface area contributed by atoms with Gasteiger partial charge in [0.1, 0.15) is 0 Å². The van der Waals surface area contributed by atoms with Crippen molar-refractivity contribution >= 4 is 0 Å². The van der Waals surface area contributed by atoms with Crippen molar-refractivity contribution in [3.05, 3.63) is 23.8 Å². The van der Waals surface area contributed by atoms with Crippen LogP contribution < -0.4 is 0 Å². The normalized spacial score (nSPS) is 38.6. The van der Waals surface area contributed by atoms with Crippen LogP contribution in [-0.2, 0) is 0 Å². The Morgan fingerprint density at radius 1 is 1.31 bits per heavy atom. The quantitative estimate of drug-likeness (QED) is 0.503. The molecule has 0 nitrogen and oxygen atoms in total. The standard InChI is InChI=1S/C16H26/c1-11-6-7-14-13(3)12(2)8-9-16(4,5)15(14)10-11/h10,12,14-15H,3,6-9H2,1-2,4-5H3/t12-,14+,15+/m0/s1. The van der Waals surface area contributed by atoms with Crippen molar-refractivity contribution in [1.82, 2.24) is 0 Å². The number of hydrogen-bond acceptors (Lipinski definition) is 0. The van der Waals surface area contributed by atoms with Crippen molar-refractivity contribution in [1.29, 1.82) is 0 Å². The molecular formula is C16H26. The first-order chi connectivity index (χ1) is 7.42. The Bertz CT molecular complexity index is 319. The van der Waals surface area contributed by atoms with Gasteiger partial charge in [0.25, 0.3) is 0 Å². The van der Waals surface area contributed by atoms with Gasteiger partial charge in [0, 0.05) is 0 Å². The molecule has 0 spiro atoms. The number of hydrogen-bond donors (Lipinski definition) is 0. The molecule has 1 saturated carbocycles. The Hall–Kier alpha value is -0.520. The van der Waals surface area contributed by atoms with Gasteiger partial charge in [-0.3, -0.25) is 0 Å². The Morgan fingerprint density at radius 2 is 2.00 bits per heavy atom. The minimum atomic E-state index is 0.458. The van der Waals surface area contributed by atoms with E-state index in [0.29, 0.717) is 5.41 Å². The van der Waals surface area contributed by atoms with Gasteiger partial charge in [0.2, 0.25) is 0 Å². The topological polar surface area (TPSA) is 0 Å². The minimum Gasteiger partial charge on any atom is -0.0993 e. The van der Waals surface area contributed by atoms with Crippen LogP contribution in [0.1, 0.15) is 53.4 Å². The molecule has 0 heteroatoms. The lowest BCUT2D eigenvalue weighted by molar-refractivity contribution is 0.186. The molecule has 0 aliphatic heterocycles. The van der Waals surface area contributed by atoms with E-state index in [1.807, 2.05) is 0 Å². The third-order valence-corrected chi connectivity index (χ3v) is 4.98. The molecule has 0 aromatic rings. The molecule has 2 aliphatic carbocycles. The van der Waals surface area contributed by atoms with Crippen LogP contribution in [0.4, 0.5) is 0 Å². The van der Waals surface area contributed by atoms with Crippen molar-refractivity contribution in [3.63, 3.8) is 0 Å². The molecule has 0 bridgehead atoms. The molecule has 2 aliphatic rings. The van der Waals surface area contributed by atoms with Crippen molar-refractivity contribution in [3.8, 4) is 0 Å². The smallest absolute Gasteiger partial charge is 0.0114 e. The molecule has 0 saturated heterocycles. The third-order valence-electron chi connectivity index (χ3n) is 4.98. The fourth-order valence-corrected chi connectivity index (χ4v) is 3.56. The minimum absolute atomic E-state index is 0.458. The van der Waals surface area contributed by atoms with Crippen molar-refractivity contribution in [2.75, 3.05) is 0 Å². The van der Waals surface area contributed by atoms with Crippen molar-refractivity contribution in [2.24, 2.45) is 23.2 Å². The van der Waals surface area contributed by atoms with Crippen LogP contribution in [0, 0.1) is 23.2 Å². The van der Waals surface area contributed by atoms with Gasteiger partial charge >= 0.3 is 0 Å². The summed E-state index contributed by atoms with van der Waals surface area (Å²) in [5.41, 5.74) is 3.58. The highest BCUT2D eigenvalue weighted by Gasteiger charge is 2.40. The summed E-state index contributed by atoms with van der Waals surface area (Å²) in [5, 5.41) is 0. The van der Waals surface area contributed by atoms with E-state index in [4.69, 9.17) is 0 Å². The van der Waals surface area contributed by atoms with Crippen LogP contribution in [0.2, 0.25) is 0 Å². The summed E-state index contributed by atoms with van der Waals surface area (Å²) < 4.78 is 0. The lowest BCUT2D eigenvalue weighted by atomic mass is 9.65. The first kappa shape index (κ1) is 12.0. The van der Waals surface area contributed by atoms with Crippen LogP contribution in [0.3, 0.4) is 0 Å². The summed E-state index contributed by atoms with van der Waals surface area (Å²) in [5.74, 6) is 2.20. The molecule has 3 atom stereocenters. The van der Waals surface area contributed by atoms with Gasteiger partial charge in [-0.2, -0.15) is 0 Å². The third kappa shape index (κ3) is 1.99. The highest BCUT2D eigenvalue weighted by Crippen LogP contribution is 2.50. The molecule has 0 aromatic carbocycles. The van der Waals surface area contributed by atoms with E-state index >= 15 is 0 Å². The van der Waals surface area contributed by atoms with E-state index in [0.717, 1.165) is 17.8 Å². The van der Waals surface area contributed by atoms with Crippen LogP contribution >= 0.6 is 0 Å². The highest BCUT2D eigenvalue weighted by atomic mass is 14.4. The fourth-order valence-electron chi connectivity index (χ4n) is 3.56. The van der Waals surface area contributed by atoms with Crippen LogP contribution in [0.5, 0.6) is 0 Å². The molecule has 0 radical (unpaired) electrons. The zero-order valence-corrected chi connectivity index (χ0v) is 11.3. The van der Waals surface area contributed by atoms with Gasteiger partial charge in [0.15, 0.2) is 0 Å². The van der Waals surface area contributed by atoms with Crippen molar-refractivity contribution in [2.45, 2.75) is 53.4 Å². The van der Waals surface area contributed by atoms with Crippen molar-refractivity contribution < 1.29 is 0 Å². The SMILES string of the molecule is C=C1[C@H]2CCC(C)=C[C@H]2C(C)(C)CC[C@@H]1C. The first-order valence-electron chi connectivity index (χ1n) is 6.78. The summed E-state index contributed by atoms with van der Waals surface area (Å²) >= 11 is 0. The highest BCUT2D eigenvalue weighted by molar-refractivity contribution is 5.20. The molecule has 0 heterocycles. The van der Waals surface area contributed by atoms with Gasteiger partial charge in [0.05, 0.1) is 0 Å². The van der Waals surface area contributed by atoms with Crippen LogP contribution in [-0.4, -0.2) is 0 Å².